The summed E-state index contributed by atoms with van der Waals surface area (Å²) in [7, 11) is 0. The summed E-state index contributed by atoms with van der Waals surface area (Å²) in [6.07, 6.45) is 0. The molecular weight excluding hydrogens is 284 g/mol. The van der Waals surface area contributed by atoms with E-state index in [9.17, 15) is 15.2 Å². The van der Waals surface area contributed by atoms with Gasteiger partial charge in [-0.25, -0.2) is 4.79 Å². The number of hydrogen-bond donors (Lipinski definition) is 2. The topological polar surface area (TPSA) is 74.0 Å². The van der Waals surface area contributed by atoms with Crippen molar-refractivity contribution in [2.24, 2.45) is 0 Å². The fourth-order valence-electron chi connectivity index (χ4n) is 2.29. The van der Waals surface area contributed by atoms with Crippen molar-refractivity contribution in [2.75, 3.05) is 0 Å². The molecule has 4 nitrogen and oxygen atoms in total. The standard InChI is InChI=1S/C16H14N2O2S/c1-9-7-10(2)18-14(13(9)8-17)15(21)11-5-3-4-6-12(11)16(19)20/h3-7,15,21H,1-2H3,(H,19,20). The normalized spacial score (nSPS) is 11.7. The van der Waals surface area contributed by atoms with Gasteiger partial charge in [0.2, 0.25) is 0 Å². The summed E-state index contributed by atoms with van der Waals surface area (Å²) >= 11 is 4.51. The SMILES string of the molecule is Cc1cc(C)c(C#N)c(C(S)c2ccccc2C(=O)O)n1. The minimum Gasteiger partial charge on any atom is -0.478 e. The molecule has 21 heavy (non-hydrogen) atoms. The number of nitriles is 1. The van der Waals surface area contributed by atoms with Gasteiger partial charge < -0.3 is 5.11 Å². The molecule has 0 radical (unpaired) electrons. The Morgan fingerprint density at radius 2 is 2.05 bits per heavy atom. The zero-order chi connectivity index (χ0) is 15.6. The van der Waals surface area contributed by atoms with Gasteiger partial charge in [-0.1, -0.05) is 18.2 Å². The first kappa shape index (κ1) is 15.1. The molecule has 106 valence electrons. The van der Waals surface area contributed by atoms with Gasteiger partial charge in [0.15, 0.2) is 0 Å². The third-order valence-electron chi connectivity index (χ3n) is 3.23. The quantitative estimate of drug-likeness (QED) is 0.853. The van der Waals surface area contributed by atoms with Crippen molar-refractivity contribution >= 4 is 18.6 Å². The van der Waals surface area contributed by atoms with E-state index in [0.29, 0.717) is 16.8 Å². The number of nitrogens with zero attached hydrogens (tertiary/aromatic N) is 2. The highest BCUT2D eigenvalue weighted by Crippen LogP contribution is 2.32. The Bertz CT molecular complexity index is 750. The highest BCUT2D eigenvalue weighted by Gasteiger charge is 2.22. The van der Waals surface area contributed by atoms with Gasteiger partial charge in [-0.15, -0.1) is 0 Å². The van der Waals surface area contributed by atoms with E-state index in [1.165, 1.54) is 6.07 Å². The second-order valence-electron chi connectivity index (χ2n) is 4.75. The van der Waals surface area contributed by atoms with Gasteiger partial charge in [-0.05, 0) is 37.1 Å². The van der Waals surface area contributed by atoms with E-state index in [0.717, 1.165) is 11.3 Å². The van der Waals surface area contributed by atoms with Crippen LogP contribution in [0.25, 0.3) is 0 Å². The summed E-state index contributed by atoms with van der Waals surface area (Å²) < 4.78 is 0. The number of carbonyl (C=O) groups is 1. The molecule has 1 aromatic carbocycles. The van der Waals surface area contributed by atoms with Gasteiger partial charge in [-0.2, -0.15) is 17.9 Å². The molecule has 0 amide bonds. The van der Waals surface area contributed by atoms with Crippen molar-refractivity contribution in [2.45, 2.75) is 19.1 Å². The molecule has 0 spiro atoms. The van der Waals surface area contributed by atoms with Crippen LogP contribution in [0.3, 0.4) is 0 Å². The van der Waals surface area contributed by atoms with E-state index in [-0.39, 0.29) is 5.56 Å². The summed E-state index contributed by atoms with van der Waals surface area (Å²) in [5.41, 5.74) is 3.22. The molecule has 5 heteroatoms. The molecule has 2 aromatic rings. The number of rotatable bonds is 3. The number of thiol groups is 1. The number of carboxylic acid groups (broad SMARTS) is 1. The molecule has 0 aliphatic heterocycles. The van der Waals surface area contributed by atoms with Gasteiger partial charge in [0, 0.05) is 5.69 Å². The molecule has 1 unspecified atom stereocenters. The molecule has 0 fully saturated rings. The molecule has 2 rings (SSSR count). The van der Waals surface area contributed by atoms with Crippen LogP contribution in [0.2, 0.25) is 0 Å². The Morgan fingerprint density at radius 1 is 1.38 bits per heavy atom. The maximum atomic E-state index is 11.3. The van der Waals surface area contributed by atoms with Crippen LogP contribution in [-0.2, 0) is 0 Å². The second-order valence-corrected chi connectivity index (χ2v) is 5.26. The fraction of sp³-hybridized carbons (Fsp3) is 0.188. The first-order valence-electron chi connectivity index (χ1n) is 6.34. The van der Waals surface area contributed by atoms with Crippen LogP contribution in [0.4, 0.5) is 0 Å². The van der Waals surface area contributed by atoms with Crippen LogP contribution in [-0.4, -0.2) is 16.1 Å². The molecule has 1 N–H and O–H groups in total. The molecular formula is C16H14N2O2S. The Hall–Kier alpha value is -2.32. The van der Waals surface area contributed by atoms with Gasteiger partial charge >= 0.3 is 5.97 Å². The summed E-state index contributed by atoms with van der Waals surface area (Å²) in [4.78, 5) is 15.7. The van der Waals surface area contributed by atoms with Gasteiger partial charge in [0.1, 0.15) is 6.07 Å². The summed E-state index contributed by atoms with van der Waals surface area (Å²) in [5, 5.41) is 18.0. The van der Waals surface area contributed by atoms with Crippen LogP contribution >= 0.6 is 12.6 Å². The van der Waals surface area contributed by atoms with Crippen LogP contribution < -0.4 is 0 Å². The molecule has 0 saturated heterocycles. The van der Waals surface area contributed by atoms with E-state index < -0.39 is 11.2 Å². The number of benzene rings is 1. The van der Waals surface area contributed by atoms with Crippen LogP contribution in [0.15, 0.2) is 30.3 Å². The highest BCUT2D eigenvalue weighted by atomic mass is 32.1. The number of hydrogen-bond acceptors (Lipinski definition) is 4. The van der Waals surface area contributed by atoms with Crippen LogP contribution in [0.1, 0.15) is 43.7 Å². The molecule has 0 aliphatic rings. The first-order valence-corrected chi connectivity index (χ1v) is 6.86. The Kier molecular flexibility index (Phi) is 4.29. The van der Waals surface area contributed by atoms with Gasteiger partial charge in [-0.3, -0.25) is 4.98 Å². The van der Waals surface area contributed by atoms with Crippen molar-refractivity contribution in [1.82, 2.24) is 4.98 Å². The summed E-state index contributed by atoms with van der Waals surface area (Å²) in [6.45, 7) is 3.67. The van der Waals surface area contributed by atoms with Crippen molar-refractivity contribution < 1.29 is 9.90 Å². The predicted molar refractivity (Wildman–Crippen MR) is 82.7 cm³/mol. The highest BCUT2D eigenvalue weighted by molar-refractivity contribution is 7.80. The van der Waals surface area contributed by atoms with E-state index in [1.54, 1.807) is 18.2 Å². The number of aryl methyl sites for hydroxylation is 2. The smallest absolute Gasteiger partial charge is 0.336 e. The molecule has 1 atom stereocenters. The average Bonchev–Trinajstić information content (AvgIpc) is 2.45. The Morgan fingerprint density at radius 3 is 2.67 bits per heavy atom. The molecule has 1 aromatic heterocycles. The summed E-state index contributed by atoms with van der Waals surface area (Å²) in [6, 6.07) is 10.6. The van der Waals surface area contributed by atoms with E-state index >= 15 is 0 Å². The van der Waals surface area contributed by atoms with Crippen molar-refractivity contribution in [3.63, 3.8) is 0 Å². The first-order chi connectivity index (χ1) is 9.95. The minimum absolute atomic E-state index is 0.169. The zero-order valence-electron chi connectivity index (χ0n) is 11.7. The van der Waals surface area contributed by atoms with Crippen molar-refractivity contribution in [1.29, 1.82) is 5.26 Å². The molecule has 1 heterocycles. The monoisotopic (exact) mass is 298 g/mol. The molecule has 0 saturated carbocycles. The predicted octanol–water partition coefficient (Wildman–Crippen LogP) is 3.29. The third-order valence-corrected chi connectivity index (χ3v) is 3.75. The maximum absolute atomic E-state index is 11.3. The number of pyridine rings is 1. The number of carboxylic acids is 1. The third kappa shape index (κ3) is 2.91. The number of aromatic carboxylic acids is 1. The molecule has 0 bridgehead atoms. The zero-order valence-corrected chi connectivity index (χ0v) is 12.6. The minimum atomic E-state index is -1.02. The van der Waals surface area contributed by atoms with E-state index in [4.69, 9.17) is 0 Å². The maximum Gasteiger partial charge on any atom is 0.336 e. The Balaban J connectivity index is 2.64. The van der Waals surface area contributed by atoms with Crippen LogP contribution in [0.5, 0.6) is 0 Å². The summed E-state index contributed by atoms with van der Waals surface area (Å²) in [5.74, 6) is -1.02. The van der Waals surface area contributed by atoms with Gasteiger partial charge in [0.05, 0.1) is 22.1 Å². The Labute approximate surface area is 128 Å². The van der Waals surface area contributed by atoms with E-state index in [2.05, 4.69) is 23.7 Å². The average molecular weight is 298 g/mol. The lowest BCUT2D eigenvalue weighted by Gasteiger charge is -2.16. The second kappa shape index (κ2) is 5.98. The number of aromatic nitrogens is 1. The lowest BCUT2D eigenvalue weighted by molar-refractivity contribution is 0.0696. The lowest BCUT2D eigenvalue weighted by Crippen LogP contribution is -2.09. The van der Waals surface area contributed by atoms with Crippen molar-refractivity contribution in [3.8, 4) is 6.07 Å². The lowest BCUT2D eigenvalue weighted by atomic mass is 9.97. The largest absolute Gasteiger partial charge is 0.478 e. The fourth-order valence-corrected chi connectivity index (χ4v) is 2.70. The van der Waals surface area contributed by atoms with Gasteiger partial charge in [0.25, 0.3) is 0 Å². The van der Waals surface area contributed by atoms with E-state index in [1.807, 2.05) is 19.9 Å². The van der Waals surface area contributed by atoms with Crippen LogP contribution in [0, 0.1) is 25.2 Å². The van der Waals surface area contributed by atoms with Crippen molar-refractivity contribution in [3.05, 3.63) is 64.0 Å². The molecule has 0 aliphatic carbocycles.